The van der Waals surface area contributed by atoms with E-state index in [0.717, 1.165) is 4.68 Å². The van der Waals surface area contributed by atoms with Gasteiger partial charge >= 0.3 is 6.18 Å². The highest BCUT2D eigenvalue weighted by atomic mass is 19.4. The molecule has 0 saturated heterocycles. The quantitative estimate of drug-likeness (QED) is 0.373. The van der Waals surface area contributed by atoms with Crippen LogP contribution in [0.25, 0.3) is 21.8 Å². The van der Waals surface area contributed by atoms with Crippen molar-refractivity contribution in [3.63, 3.8) is 0 Å². The third-order valence-electron chi connectivity index (χ3n) is 5.38. The molecule has 0 fully saturated rings. The van der Waals surface area contributed by atoms with Crippen LogP contribution in [0.2, 0.25) is 0 Å². The molecule has 2 aromatic heterocycles. The van der Waals surface area contributed by atoms with Gasteiger partial charge in [-0.25, -0.2) is 4.68 Å². The Kier molecular flexibility index (Phi) is 4.10. The predicted octanol–water partition coefficient (Wildman–Crippen LogP) is 5.94. The van der Waals surface area contributed by atoms with Crippen molar-refractivity contribution in [1.82, 2.24) is 14.8 Å². The van der Waals surface area contributed by atoms with Crippen LogP contribution in [-0.2, 0) is 5.54 Å². The third kappa shape index (κ3) is 2.60. The molecule has 1 unspecified atom stereocenters. The maximum absolute atomic E-state index is 15.2. The van der Waals surface area contributed by atoms with E-state index < -0.39 is 11.7 Å². The Hall–Kier alpha value is -3.67. The number of hydrogen-bond donors (Lipinski definition) is 0. The highest BCUT2D eigenvalue weighted by molar-refractivity contribution is 5.84. The fraction of sp³-hybridized carbons (Fsp3) is 0.0833. The summed E-state index contributed by atoms with van der Waals surface area (Å²) < 4.78 is 46.6. The van der Waals surface area contributed by atoms with Crippen molar-refractivity contribution in [2.24, 2.45) is 0 Å². The zero-order valence-electron chi connectivity index (χ0n) is 15.7. The summed E-state index contributed by atoms with van der Waals surface area (Å²) in [6.07, 6.45) is -1.72. The molecular weight excluding hydrogens is 387 g/mol. The molecule has 0 amide bonds. The minimum absolute atomic E-state index is 0.0344. The second-order valence-corrected chi connectivity index (χ2v) is 7.09. The number of aromatic nitrogens is 3. The number of alkyl halides is 3. The maximum atomic E-state index is 15.2. The van der Waals surface area contributed by atoms with Gasteiger partial charge in [0, 0.05) is 28.7 Å². The lowest BCUT2D eigenvalue weighted by Gasteiger charge is -2.37. The summed E-state index contributed by atoms with van der Waals surface area (Å²) in [7, 11) is 0. The van der Waals surface area contributed by atoms with Crippen molar-refractivity contribution in [2.75, 3.05) is 0 Å². The smallest absolute Gasteiger partial charge is 0.256 e. The van der Waals surface area contributed by atoms with Crippen molar-refractivity contribution in [1.29, 1.82) is 0 Å². The SMILES string of the molecule is FC(F)(F)C(c1ccccc1)(c1cccc2cccnc12)n1cc2ccccc2n1. The lowest BCUT2D eigenvalue weighted by atomic mass is 9.81. The predicted molar refractivity (Wildman–Crippen MR) is 110 cm³/mol. The van der Waals surface area contributed by atoms with Crippen LogP contribution in [0.4, 0.5) is 13.2 Å². The van der Waals surface area contributed by atoms with Gasteiger partial charge in [-0.05, 0) is 17.7 Å². The van der Waals surface area contributed by atoms with E-state index in [1.165, 1.54) is 30.6 Å². The van der Waals surface area contributed by atoms with Crippen LogP contribution < -0.4 is 0 Å². The highest BCUT2D eigenvalue weighted by Crippen LogP contribution is 2.49. The van der Waals surface area contributed by atoms with Crippen molar-refractivity contribution in [3.05, 3.63) is 108 Å². The number of rotatable bonds is 3. The first-order chi connectivity index (χ1) is 14.5. The molecule has 1 atom stereocenters. The minimum atomic E-state index is -4.69. The molecule has 0 radical (unpaired) electrons. The Morgan fingerprint density at radius 1 is 0.700 bits per heavy atom. The molecule has 2 heterocycles. The number of fused-ring (bicyclic) bond motifs is 2. The van der Waals surface area contributed by atoms with Gasteiger partial charge in [-0.3, -0.25) is 4.98 Å². The zero-order chi connectivity index (χ0) is 20.8. The summed E-state index contributed by atoms with van der Waals surface area (Å²) in [5, 5.41) is 5.65. The van der Waals surface area contributed by atoms with Crippen LogP contribution in [-0.4, -0.2) is 20.9 Å². The van der Waals surface area contributed by atoms with Crippen LogP contribution >= 0.6 is 0 Å². The number of halogens is 3. The summed E-state index contributed by atoms with van der Waals surface area (Å²) in [5.74, 6) is 0. The monoisotopic (exact) mass is 403 g/mol. The van der Waals surface area contributed by atoms with E-state index in [4.69, 9.17) is 0 Å². The van der Waals surface area contributed by atoms with Crippen LogP contribution in [0, 0.1) is 0 Å². The van der Waals surface area contributed by atoms with Gasteiger partial charge < -0.3 is 0 Å². The molecule has 0 saturated carbocycles. The van der Waals surface area contributed by atoms with Crippen molar-refractivity contribution >= 4 is 21.8 Å². The van der Waals surface area contributed by atoms with Gasteiger partial charge in [0.05, 0.1) is 11.0 Å². The molecule has 5 aromatic rings. The van der Waals surface area contributed by atoms with Crippen LogP contribution in [0.15, 0.2) is 97.3 Å². The van der Waals surface area contributed by atoms with Gasteiger partial charge in [-0.1, -0.05) is 72.8 Å². The standard InChI is InChI=1S/C24H16F3N3/c25-24(26,27)23(19-11-2-1-3-12-19,30-16-18-8-4-5-14-21(18)29-30)20-13-6-9-17-10-7-15-28-22(17)20/h1-16H. The van der Waals surface area contributed by atoms with Gasteiger partial charge in [-0.2, -0.15) is 18.3 Å². The molecule has 3 aromatic carbocycles. The fourth-order valence-corrected chi connectivity index (χ4v) is 4.07. The lowest BCUT2D eigenvalue weighted by Crippen LogP contribution is -2.50. The van der Waals surface area contributed by atoms with E-state index in [9.17, 15) is 0 Å². The molecule has 148 valence electrons. The van der Waals surface area contributed by atoms with Crippen molar-refractivity contribution in [2.45, 2.75) is 11.7 Å². The van der Waals surface area contributed by atoms with E-state index >= 15 is 13.2 Å². The highest BCUT2D eigenvalue weighted by Gasteiger charge is 2.60. The third-order valence-corrected chi connectivity index (χ3v) is 5.38. The van der Waals surface area contributed by atoms with E-state index in [2.05, 4.69) is 10.1 Å². The zero-order valence-corrected chi connectivity index (χ0v) is 15.7. The molecule has 3 nitrogen and oxygen atoms in total. The summed E-state index contributed by atoms with van der Waals surface area (Å²) in [4.78, 5) is 4.32. The second kappa shape index (κ2) is 6.69. The van der Waals surface area contributed by atoms with Gasteiger partial charge in [0.1, 0.15) is 0 Å². The van der Waals surface area contributed by atoms with E-state index in [0.29, 0.717) is 21.8 Å². The molecule has 0 N–H and O–H groups in total. The molecule has 0 aliphatic heterocycles. The number of nitrogens with zero attached hydrogens (tertiary/aromatic N) is 3. The Bertz CT molecular complexity index is 1300. The van der Waals surface area contributed by atoms with E-state index in [1.54, 1.807) is 66.7 Å². The van der Waals surface area contributed by atoms with Gasteiger partial charge in [0.15, 0.2) is 0 Å². The first-order valence-corrected chi connectivity index (χ1v) is 9.43. The molecule has 0 aliphatic rings. The summed E-state index contributed by atoms with van der Waals surface area (Å²) >= 11 is 0. The normalized spacial score (nSPS) is 14.1. The van der Waals surface area contributed by atoms with Gasteiger partial charge in [0.2, 0.25) is 5.54 Å². The largest absolute Gasteiger partial charge is 0.422 e. The lowest BCUT2D eigenvalue weighted by molar-refractivity contribution is -0.189. The van der Waals surface area contributed by atoms with Crippen LogP contribution in [0.5, 0.6) is 0 Å². The summed E-state index contributed by atoms with van der Waals surface area (Å²) in [6.45, 7) is 0. The Labute approximate surface area is 170 Å². The molecule has 5 rings (SSSR count). The number of para-hydroxylation sites is 1. The topological polar surface area (TPSA) is 30.7 Å². The first-order valence-electron chi connectivity index (χ1n) is 9.43. The molecule has 0 bridgehead atoms. The second-order valence-electron chi connectivity index (χ2n) is 7.09. The van der Waals surface area contributed by atoms with Crippen molar-refractivity contribution in [3.8, 4) is 0 Å². The molecule has 0 spiro atoms. The maximum Gasteiger partial charge on any atom is 0.422 e. The molecular formula is C24H16F3N3. The van der Waals surface area contributed by atoms with E-state index in [-0.39, 0.29) is 11.1 Å². The average Bonchev–Trinajstić information content (AvgIpc) is 3.18. The van der Waals surface area contributed by atoms with Gasteiger partial charge in [0.25, 0.3) is 0 Å². The van der Waals surface area contributed by atoms with Crippen LogP contribution in [0.3, 0.4) is 0 Å². The summed E-state index contributed by atoms with van der Waals surface area (Å²) in [5.41, 5.74) is -1.65. The molecule has 30 heavy (non-hydrogen) atoms. The van der Waals surface area contributed by atoms with Crippen LogP contribution in [0.1, 0.15) is 11.1 Å². The van der Waals surface area contributed by atoms with Gasteiger partial charge in [-0.15, -0.1) is 0 Å². The molecule has 6 heteroatoms. The average molecular weight is 403 g/mol. The number of benzene rings is 3. The number of pyridine rings is 1. The minimum Gasteiger partial charge on any atom is -0.256 e. The van der Waals surface area contributed by atoms with E-state index in [1.807, 2.05) is 0 Å². The van der Waals surface area contributed by atoms with Crippen molar-refractivity contribution < 1.29 is 13.2 Å². The Morgan fingerprint density at radius 2 is 1.40 bits per heavy atom. The summed E-state index contributed by atoms with van der Waals surface area (Å²) in [6, 6.07) is 23.3. The first kappa shape index (κ1) is 18.4. The number of hydrogen-bond acceptors (Lipinski definition) is 2. The molecule has 0 aliphatic carbocycles. The Morgan fingerprint density at radius 3 is 2.17 bits per heavy atom. The Balaban J connectivity index is 1.97. The fourth-order valence-electron chi connectivity index (χ4n) is 4.07.